The molecule has 2 rings (SSSR count). The Morgan fingerprint density at radius 1 is 0.783 bits per heavy atom. The van der Waals surface area contributed by atoms with Crippen LogP contribution in [0.15, 0.2) is 54.6 Å². The standard InChI is InChI=1S/C31H40N4O11/c1-20(27(37)44-18-22-14-16-23(17-15-22)35(41)42)32-26(36)24(33-30(40)46-31(2,3)4)12-9-13-25(28(38)43-5)34-29(39)45-19-21-10-7-6-8-11-21/h6-8,10-11,14-17,20,24-25H,9,12-13,18-19H2,1-5H3,(H,32,36)(H,33,40)(H,34,39)/t20-,24-,25?/m1/s1. The van der Waals surface area contributed by atoms with E-state index in [1.165, 1.54) is 31.2 Å². The van der Waals surface area contributed by atoms with Crippen LogP contribution in [0.4, 0.5) is 15.3 Å². The highest BCUT2D eigenvalue weighted by Gasteiger charge is 2.29. The summed E-state index contributed by atoms with van der Waals surface area (Å²) in [7, 11) is 1.16. The van der Waals surface area contributed by atoms with E-state index in [0.717, 1.165) is 12.7 Å². The molecule has 0 aliphatic carbocycles. The number of rotatable bonds is 15. The Balaban J connectivity index is 2.00. The molecular weight excluding hydrogens is 604 g/mol. The van der Waals surface area contributed by atoms with E-state index < -0.39 is 58.7 Å². The van der Waals surface area contributed by atoms with Crippen LogP contribution in [0.2, 0.25) is 0 Å². The Bertz CT molecular complexity index is 1340. The third-order valence-corrected chi connectivity index (χ3v) is 6.22. The fraction of sp³-hybridized carbons (Fsp3) is 0.452. The molecule has 0 bridgehead atoms. The van der Waals surface area contributed by atoms with Crippen LogP contribution in [-0.4, -0.2) is 65.8 Å². The Kier molecular flexibility index (Phi) is 14.4. The van der Waals surface area contributed by atoms with Crippen LogP contribution < -0.4 is 16.0 Å². The lowest BCUT2D eigenvalue weighted by molar-refractivity contribution is -0.384. The van der Waals surface area contributed by atoms with Crippen LogP contribution in [0.1, 0.15) is 58.1 Å². The van der Waals surface area contributed by atoms with Crippen LogP contribution in [0, 0.1) is 10.1 Å². The van der Waals surface area contributed by atoms with Crippen molar-refractivity contribution in [2.75, 3.05) is 7.11 Å². The van der Waals surface area contributed by atoms with Gasteiger partial charge in [-0.05, 0) is 70.2 Å². The molecule has 0 aliphatic heterocycles. The summed E-state index contributed by atoms with van der Waals surface area (Å²) in [5.74, 6) is -2.25. The molecule has 3 N–H and O–H groups in total. The van der Waals surface area contributed by atoms with Gasteiger partial charge in [0.05, 0.1) is 12.0 Å². The van der Waals surface area contributed by atoms with Crippen LogP contribution in [0.25, 0.3) is 0 Å². The summed E-state index contributed by atoms with van der Waals surface area (Å²) in [6.07, 6.45) is -1.57. The first-order valence-corrected chi connectivity index (χ1v) is 14.4. The molecular formula is C31H40N4O11. The topological polar surface area (TPSA) is 201 Å². The van der Waals surface area contributed by atoms with Crippen LogP contribution in [0.3, 0.4) is 0 Å². The molecule has 250 valence electrons. The van der Waals surface area contributed by atoms with Gasteiger partial charge in [-0.2, -0.15) is 0 Å². The van der Waals surface area contributed by atoms with Gasteiger partial charge in [-0.25, -0.2) is 19.2 Å². The molecule has 3 atom stereocenters. The first kappa shape index (κ1) is 37.0. The van der Waals surface area contributed by atoms with Crippen molar-refractivity contribution >= 4 is 35.7 Å². The largest absolute Gasteiger partial charge is 0.467 e. The van der Waals surface area contributed by atoms with E-state index in [0.29, 0.717) is 5.56 Å². The third-order valence-electron chi connectivity index (χ3n) is 6.22. The highest BCUT2D eigenvalue weighted by Crippen LogP contribution is 2.14. The summed E-state index contributed by atoms with van der Waals surface area (Å²) < 4.78 is 20.5. The van der Waals surface area contributed by atoms with Crippen LogP contribution in [-0.2, 0) is 46.5 Å². The number of amides is 3. The third kappa shape index (κ3) is 13.6. The zero-order valence-electron chi connectivity index (χ0n) is 26.4. The van der Waals surface area contributed by atoms with E-state index >= 15 is 0 Å². The summed E-state index contributed by atoms with van der Waals surface area (Å²) in [5, 5.41) is 18.2. The number of nitro groups is 1. The quantitative estimate of drug-likeness (QED) is 0.110. The summed E-state index contributed by atoms with van der Waals surface area (Å²) in [6.45, 7) is 6.12. The normalized spacial score (nSPS) is 12.8. The molecule has 0 saturated heterocycles. The highest BCUT2D eigenvalue weighted by atomic mass is 16.6. The summed E-state index contributed by atoms with van der Waals surface area (Å²) >= 11 is 0. The number of hydrogen-bond donors (Lipinski definition) is 3. The van der Waals surface area contributed by atoms with Crippen molar-refractivity contribution in [3.63, 3.8) is 0 Å². The average molecular weight is 645 g/mol. The minimum Gasteiger partial charge on any atom is -0.467 e. The molecule has 0 aliphatic rings. The number of carbonyl (C=O) groups is 5. The number of nitro benzene ring substituents is 1. The number of hydrogen-bond acceptors (Lipinski definition) is 11. The monoisotopic (exact) mass is 644 g/mol. The number of nitrogens with zero attached hydrogens (tertiary/aromatic N) is 1. The molecule has 0 radical (unpaired) electrons. The Labute approximate surface area is 266 Å². The first-order valence-electron chi connectivity index (χ1n) is 14.4. The second-order valence-corrected chi connectivity index (χ2v) is 11.2. The molecule has 0 fully saturated rings. The molecule has 15 heteroatoms. The van der Waals surface area contributed by atoms with Gasteiger partial charge in [-0.1, -0.05) is 30.3 Å². The zero-order chi connectivity index (χ0) is 34.3. The molecule has 0 saturated carbocycles. The van der Waals surface area contributed by atoms with E-state index in [4.69, 9.17) is 18.9 Å². The fourth-order valence-corrected chi connectivity index (χ4v) is 3.91. The van der Waals surface area contributed by atoms with Crippen molar-refractivity contribution in [2.45, 2.75) is 83.9 Å². The molecule has 0 heterocycles. The number of non-ortho nitro benzene ring substituents is 1. The number of ether oxygens (including phenoxy) is 4. The van der Waals surface area contributed by atoms with Gasteiger partial charge in [0.2, 0.25) is 5.91 Å². The van der Waals surface area contributed by atoms with Crippen molar-refractivity contribution < 1.29 is 47.8 Å². The number of methoxy groups -OCH3 is 1. The lowest BCUT2D eigenvalue weighted by atomic mass is 10.0. The van der Waals surface area contributed by atoms with Crippen molar-refractivity contribution in [1.82, 2.24) is 16.0 Å². The lowest BCUT2D eigenvalue weighted by Crippen LogP contribution is -2.52. The minimum atomic E-state index is -1.19. The second-order valence-electron chi connectivity index (χ2n) is 11.2. The predicted octanol–water partition coefficient (Wildman–Crippen LogP) is 3.67. The maximum Gasteiger partial charge on any atom is 0.408 e. The van der Waals surface area contributed by atoms with Crippen molar-refractivity contribution in [3.8, 4) is 0 Å². The highest BCUT2D eigenvalue weighted by molar-refractivity contribution is 5.89. The maximum atomic E-state index is 13.2. The number of esters is 2. The number of benzene rings is 2. The van der Waals surface area contributed by atoms with E-state index in [2.05, 4.69) is 16.0 Å². The van der Waals surface area contributed by atoms with Crippen molar-refractivity contribution in [1.29, 1.82) is 0 Å². The molecule has 2 aromatic rings. The zero-order valence-corrected chi connectivity index (χ0v) is 26.4. The van der Waals surface area contributed by atoms with Gasteiger partial charge in [-0.3, -0.25) is 14.9 Å². The van der Waals surface area contributed by atoms with Gasteiger partial charge in [0.25, 0.3) is 5.69 Å². The number of nitrogens with one attached hydrogen (secondary N) is 3. The van der Waals surface area contributed by atoms with Crippen LogP contribution in [0.5, 0.6) is 0 Å². The van der Waals surface area contributed by atoms with Gasteiger partial charge in [0, 0.05) is 12.1 Å². The lowest BCUT2D eigenvalue weighted by Gasteiger charge is -2.24. The predicted molar refractivity (Wildman–Crippen MR) is 163 cm³/mol. The van der Waals surface area contributed by atoms with Gasteiger partial charge in [0.1, 0.15) is 36.9 Å². The van der Waals surface area contributed by atoms with Crippen LogP contribution >= 0.6 is 0 Å². The van der Waals surface area contributed by atoms with Crippen molar-refractivity contribution in [3.05, 3.63) is 75.8 Å². The first-order chi connectivity index (χ1) is 21.7. The van der Waals surface area contributed by atoms with E-state index in [9.17, 15) is 34.1 Å². The van der Waals surface area contributed by atoms with Gasteiger partial charge >= 0.3 is 24.1 Å². The summed E-state index contributed by atoms with van der Waals surface area (Å²) in [6, 6.07) is 10.9. The Morgan fingerprint density at radius 2 is 1.35 bits per heavy atom. The molecule has 0 aromatic heterocycles. The SMILES string of the molecule is COC(=O)C(CCC[C@@H](NC(=O)OC(C)(C)C)C(=O)N[C@H](C)C(=O)OCc1ccc([N+](=O)[O-])cc1)NC(=O)OCc1ccccc1. The van der Waals surface area contributed by atoms with Crippen molar-refractivity contribution in [2.24, 2.45) is 0 Å². The van der Waals surface area contributed by atoms with Gasteiger partial charge < -0.3 is 34.9 Å². The van der Waals surface area contributed by atoms with E-state index in [-0.39, 0.29) is 38.2 Å². The number of alkyl carbamates (subject to hydrolysis) is 2. The van der Waals surface area contributed by atoms with E-state index in [1.54, 1.807) is 45.0 Å². The van der Waals surface area contributed by atoms with Gasteiger partial charge in [0.15, 0.2) is 0 Å². The Hall–Kier alpha value is -5.21. The molecule has 3 amide bonds. The minimum absolute atomic E-state index is 0.0100. The summed E-state index contributed by atoms with van der Waals surface area (Å²) in [5.41, 5.74) is 0.273. The van der Waals surface area contributed by atoms with E-state index in [1.807, 2.05) is 6.07 Å². The fourth-order valence-electron chi connectivity index (χ4n) is 3.91. The summed E-state index contributed by atoms with van der Waals surface area (Å²) in [4.78, 5) is 73.2. The molecule has 2 aromatic carbocycles. The maximum absolute atomic E-state index is 13.2. The smallest absolute Gasteiger partial charge is 0.408 e. The molecule has 1 unspecified atom stereocenters. The molecule has 0 spiro atoms. The Morgan fingerprint density at radius 3 is 1.93 bits per heavy atom. The second kappa shape index (κ2) is 17.9. The average Bonchev–Trinajstić information content (AvgIpc) is 3.00. The molecule has 46 heavy (non-hydrogen) atoms. The number of carbonyl (C=O) groups excluding carboxylic acids is 5. The molecule has 15 nitrogen and oxygen atoms in total. The van der Waals surface area contributed by atoms with Gasteiger partial charge in [-0.15, -0.1) is 0 Å².